The normalized spacial score (nSPS) is 16.1. The van der Waals surface area contributed by atoms with E-state index in [2.05, 4.69) is 16.0 Å². The van der Waals surface area contributed by atoms with Crippen molar-refractivity contribution in [3.63, 3.8) is 0 Å². The van der Waals surface area contributed by atoms with Crippen molar-refractivity contribution in [2.75, 3.05) is 0 Å². The van der Waals surface area contributed by atoms with E-state index in [1.807, 2.05) is 0 Å². The number of carbonyl (C=O) groups excluding carboxylic acids is 3. The minimum atomic E-state index is -1.67. The molecule has 6 atom stereocenters. The predicted molar refractivity (Wildman–Crippen MR) is 117 cm³/mol. The summed E-state index contributed by atoms with van der Waals surface area (Å²) in [4.78, 5) is 60.3. The van der Waals surface area contributed by atoms with Gasteiger partial charge in [-0.15, -0.1) is 0 Å². The van der Waals surface area contributed by atoms with Crippen molar-refractivity contribution in [1.82, 2.24) is 16.0 Å². The van der Waals surface area contributed by atoms with Crippen molar-refractivity contribution in [1.29, 1.82) is 0 Å². The number of aliphatic carboxylic acids is 2. The van der Waals surface area contributed by atoms with E-state index in [-0.39, 0.29) is 6.42 Å². The van der Waals surface area contributed by atoms with Crippen LogP contribution in [0.4, 0.5) is 0 Å². The maximum atomic E-state index is 12.8. The minimum absolute atomic E-state index is 0.106. The lowest BCUT2D eigenvalue weighted by Gasteiger charge is -2.25. The Morgan fingerprint density at radius 2 is 1.35 bits per heavy atom. The van der Waals surface area contributed by atoms with Gasteiger partial charge in [-0.3, -0.25) is 19.2 Å². The molecule has 6 unspecified atom stereocenters. The van der Waals surface area contributed by atoms with Crippen LogP contribution in [-0.4, -0.2) is 86.5 Å². The molecule has 0 aliphatic heterocycles. The lowest BCUT2D eigenvalue weighted by Crippen LogP contribution is -2.59. The molecule has 0 fully saturated rings. The van der Waals surface area contributed by atoms with Gasteiger partial charge < -0.3 is 42.1 Å². The lowest BCUT2D eigenvalue weighted by atomic mass is 10.0. The number of aliphatic hydroxyl groups is 2. The first-order valence-electron chi connectivity index (χ1n) is 10.3. The summed E-state index contributed by atoms with van der Waals surface area (Å²) < 4.78 is 0. The zero-order valence-electron chi connectivity index (χ0n) is 18.7. The Hall–Kier alpha value is -3.55. The number of aliphatic hydroxyl groups excluding tert-OH is 2. The number of nitrogens with one attached hydrogen (secondary N) is 3. The molecule has 1 rings (SSSR count). The summed E-state index contributed by atoms with van der Waals surface area (Å²) in [6, 6.07) is 2.23. The standard InChI is InChI=1S/C21H30N4O9/c1-10(26)16(22)20(32)24-14(9-15(28)29)18(30)23-13(8-12-6-4-3-5-7-12)19(31)25-17(11(2)27)21(33)34/h3-7,10-11,13-14,16-17,26-27H,8-9,22H2,1-2H3,(H,23,30)(H,24,32)(H,25,31)(H,28,29)(H,33,34). The highest BCUT2D eigenvalue weighted by Crippen LogP contribution is 2.06. The third-order valence-corrected chi connectivity index (χ3v) is 4.80. The molecule has 0 heterocycles. The second kappa shape index (κ2) is 13.2. The van der Waals surface area contributed by atoms with E-state index in [0.717, 1.165) is 6.92 Å². The topological polar surface area (TPSA) is 228 Å². The van der Waals surface area contributed by atoms with Gasteiger partial charge in [-0.2, -0.15) is 0 Å². The number of hydrogen-bond donors (Lipinski definition) is 8. The summed E-state index contributed by atoms with van der Waals surface area (Å²) in [7, 11) is 0. The zero-order chi connectivity index (χ0) is 26.0. The van der Waals surface area contributed by atoms with E-state index >= 15 is 0 Å². The van der Waals surface area contributed by atoms with Crippen molar-refractivity contribution < 1.29 is 44.4 Å². The number of carboxylic acids is 2. The Labute approximate surface area is 195 Å². The van der Waals surface area contributed by atoms with E-state index in [9.17, 15) is 39.3 Å². The van der Waals surface area contributed by atoms with Gasteiger partial charge in [-0.05, 0) is 19.4 Å². The Morgan fingerprint density at radius 1 is 0.824 bits per heavy atom. The number of rotatable bonds is 13. The molecule has 188 valence electrons. The molecule has 0 aliphatic carbocycles. The fourth-order valence-corrected chi connectivity index (χ4v) is 2.84. The van der Waals surface area contributed by atoms with Crippen LogP contribution in [0, 0.1) is 0 Å². The zero-order valence-corrected chi connectivity index (χ0v) is 18.7. The summed E-state index contributed by atoms with van der Waals surface area (Å²) in [6.07, 6.45) is -3.69. The molecule has 13 nitrogen and oxygen atoms in total. The van der Waals surface area contributed by atoms with Crippen LogP contribution in [-0.2, 0) is 30.4 Å². The van der Waals surface area contributed by atoms with Gasteiger partial charge in [0.15, 0.2) is 6.04 Å². The molecule has 0 spiro atoms. The van der Waals surface area contributed by atoms with E-state index in [1.165, 1.54) is 6.92 Å². The number of carboxylic acid groups (broad SMARTS) is 2. The molecule has 0 saturated carbocycles. The van der Waals surface area contributed by atoms with Gasteiger partial charge in [0, 0.05) is 6.42 Å². The SMILES string of the molecule is CC(O)C(N)C(=O)NC(CC(=O)O)C(=O)NC(Cc1ccccc1)C(=O)NC(C(=O)O)C(C)O. The molecule has 3 amide bonds. The monoisotopic (exact) mass is 482 g/mol. The molecule has 0 radical (unpaired) electrons. The minimum Gasteiger partial charge on any atom is -0.481 e. The maximum Gasteiger partial charge on any atom is 0.328 e. The molecular weight excluding hydrogens is 452 g/mol. The maximum absolute atomic E-state index is 12.8. The van der Waals surface area contributed by atoms with Crippen LogP contribution in [0.5, 0.6) is 0 Å². The van der Waals surface area contributed by atoms with Gasteiger partial charge >= 0.3 is 11.9 Å². The molecule has 0 bridgehead atoms. The van der Waals surface area contributed by atoms with Gasteiger partial charge in [0.25, 0.3) is 0 Å². The van der Waals surface area contributed by atoms with Crippen molar-refractivity contribution in [2.24, 2.45) is 5.73 Å². The molecular formula is C21H30N4O9. The van der Waals surface area contributed by atoms with Crippen molar-refractivity contribution >= 4 is 29.7 Å². The Balaban J connectivity index is 3.14. The third kappa shape index (κ3) is 9.13. The first kappa shape index (κ1) is 28.5. The fraction of sp³-hybridized carbons (Fsp3) is 0.476. The molecule has 1 aromatic carbocycles. The molecule has 0 saturated heterocycles. The second-order valence-corrected chi connectivity index (χ2v) is 7.74. The average Bonchev–Trinajstić information content (AvgIpc) is 2.75. The van der Waals surface area contributed by atoms with Crippen LogP contribution in [0.3, 0.4) is 0 Å². The van der Waals surface area contributed by atoms with Crippen LogP contribution >= 0.6 is 0 Å². The summed E-state index contributed by atoms with van der Waals surface area (Å²) in [5, 5.41) is 44.0. The molecule has 1 aromatic rings. The first-order valence-corrected chi connectivity index (χ1v) is 10.3. The van der Waals surface area contributed by atoms with Gasteiger partial charge in [0.05, 0.1) is 18.6 Å². The second-order valence-electron chi connectivity index (χ2n) is 7.74. The van der Waals surface area contributed by atoms with Crippen LogP contribution in [0.2, 0.25) is 0 Å². The van der Waals surface area contributed by atoms with Gasteiger partial charge in [-0.1, -0.05) is 30.3 Å². The predicted octanol–water partition coefficient (Wildman–Crippen LogP) is -2.67. The first-order chi connectivity index (χ1) is 15.8. The highest BCUT2D eigenvalue weighted by Gasteiger charge is 2.33. The average molecular weight is 482 g/mol. The fourth-order valence-electron chi connectivity index (χ4n) is 2.84. The number of amides is 3. The van der Waals surface area contributed by atoms with Crippen LogP contribution in [0.1, 0.15) is 25.8 Å². The molecule has 13 heteroatoms. The number of carbonyl (C=O) groups is 5. The van der Waals surface area contributed by atoms with E-state index in [0.29, 0.717) is 5.56 Å². The number of nitrogens with two attached hydrogens (primary N) is 1. The summed E-state index contributed by atoms with van der Waals surface area (Å²) in [6.45, 7) is 2.39. The number of benzene rings is 1. The summed E-state index contributed by atoms with van der Waals surface area (Å²) in [5.74, 6) is -5.92. The Kier molecular flexibility index (Phi) is 11.1. The Morgan fingerprint density at radius 3 is 1.82 bits per heavy atom. The van der Waals surface area contributed by atoms with Crippen LogP contribution in [0.25, 0.3) is 0 Å². The van der Waals surface area contributed by atoms with Crippen molar-refractivity contribution in [3.8, 4) is 0 Å². The van der Waals surface area contributed by atoms with Crippen molar-refractivity contribution in [3.05, 3.63) is 35.9 Å². The third-order valence-electron chi connectivity index (χ3n) is 4.80. The molecule has 9 N–H and O–H groups in total. The summed E-state index contributed by atoms with van der Waals surface area (Å²) in [5.41, 5.74) is 6.10. The summed E-state index contributed by atoms with van der Waals surface area (Å²) >= 11 is 0. The quantitative estimate of drug-likeness (QED) is 0.145. The lowest BCUT2D eigenvalue weighted by molar-refractivity contribution is -0.145. The Bertz CT molecular complexity index is 876. The van der Waals surface area contributed by atoms with E-state index in [4.69, 9.17) is 10.8 Å². The van der Waals surface area contributed by atoms with Gasteiger partial charge in [0.2, 0.25) is 17.7 Å². The van der Waals surface area contributed by atoms with Gasteiger partial charge in [-0.25, -0.2) is 4.79 Å². The van der Waals surface area contributed by atoms with E-state index < -0.39 is 72.5 Å². The van der Waals surface area contributed by atoms with Gasteiger partial charge in [0.1, 0.15) is 18.1 Å². The highest BCUT2D eigenvalue weighted by molar-refractivity contribution is 5.95. The van der Waals surface area contributed by atoms with Crippen LogP contribution in [0.15, 0.2) is 30.3 Å². The number of hydrogen-bond acceptors (Lipinski definition) is 8. The molecule has 34 heavy (non-hydrogen) atoms. The molecule has 0 aromatic heterocycles. The van der Waals surface area contributed by atoms with Crippen LogP contribution < -0.4 is 21.7 Å². The highest BCUT2D eigenvalue weighted by atomic mass is 16.4. The van der Waals surface area contributed by atoms with E-state index in [1.54, 1.807) is 30.3 Å². The largest absolute Gasteiger partial charge is 0.481 e. The smallest absolute Gasteiger partial charge is 0.328 e. The van der Waals surface area contributed by atoms with Crippen molar-refractivity contribution in [2.45, 2.75) is 63.1 Å². The molecule has 0 aliphatic rings.